The van der Waals surface area contributed by atoms with Crippen molar-refractivity contribution in [1.29, 1.82) is 0 Å². The third-order valence-electron chi connectivity index (χ3n) is 2.81. The summed E-state index contributed by atoms with van der Waals surface area (Å²) in [7, 11) is 0. The molecule has 1 aliphatic carbocycles. The SMILES string of the molecule is NC[C@@]1(O)C[C@@](O)(C(=O)O)C[C@@H](O)[C@@H]1O. The van der Waals surface area contributed by atoms with Gasteiger partial charge in [0.25, 0.3) is 0 Å². The van der Waals surface area contributed by atoms with E-state index in [1.807, 2.05) is 0 Å². The molecule has 88 valence electrons. The van der Waals surface area contributed by atoms with Crippen LogP contribution in [0.4, 0.5) is 0 Å². The van der Waals surface area contributed by atoms with Crippen molar-refractivity contribution in [2.45, 2.75) is 36.3 Å². The van der Waals surface area contributed by atoms with Gasteiger partial charge >= 0.3 is 5.97 Å². The van der Waals surface area contributed by atoms with E-state index in [0.29, 0.717) is 0 Å². The highest BCUT2D eigenvalue weighted by atomic mass is 16.4. The predicted octanol–water partition coefficient (Wildman–Crippen LogP) is -2.99. The molecule has 0 bridgehead atoms. The van der Waals surface area contributed by atoms with Crippen LogP contribution in [-0.4, -0.2) is 61.5 Å². The molecular weight excluding hydrogens is 206 g/mol. The number of nitrogens with two attached hydrogens (primary N) is 1. The van der Waals surface area contributed by atoms with Crippen LogP contribution in [0.3, 0.4) is 0 Å². The number of hydrogen-bond acceptors (Lipinski definition) is 6. The summed E-state index contributed by atoms with van der Waals surface area (Å²) in [5.74, 6) is -1.56. The van der Waals surface area contributed by atoms with Gasteiger partial charge in [-0.2, -0.15) is 0 Å². The van der Waals surface area contributed by atoms with Gasteiger partial charge in [0.15, 0.2) is 5.60 Å². The molecule has 1 saturated carbocycles. The fourth-order valence-electron chi connectivity index (χ4n) is 1.85. The summed E-state index contributed by atoms with van der Waals surface area (Å²) in [6.07, 6.45) is -4.22. The van der Waals surface area contributed by atoms with Crippen LogP contribution in [0.2, 0.25) is 0 Å². The molecule has 1 rings (SSSR count). The molecule has 7 heteroatoms. The molecule has 0 aromatic carbocycles. The number of carboxylic acids is 1. The van der Waals surface area contributed by atoms with Gasteiger partial charge in [0.1, 0.15) is 11.7 Å². The van der Waals surface area contributed by atoms with E-state index in [4.69, 9.17) is 10.8 Å². The Morgan fingerprint density at radius 1 is 1.40 bits per heavy atom. The lowest BCUT2D eigenvalue weighted by Gasteiger charge is -2.45. The minimum absolute atomic E-state index is 0.444. The Morgan fingerprint density at radius 2 is 1.93 bits per heavy atom. The van der Waals surface area contributed by atoms with E-state index >= 15 is 0 Å². The van der Waals surface area contributed by atoms with Gasteiger partial charge in [-0.25, -0.2) is 4.79 Å². The second kappa shape index (κ2) is 3.69. The lowest BCUT2D eigenvalue weighted by atomic mass is 9.72. The number of rotatable bonds is 2. The number of aliphatic hydroxyl groups excluding tert-OH is 2. The number of aliphatic carboxylic acids is 1. The number of hydrogen-bond donors (Lipinski definition) is 6. The van der Waals surface area contributed by atoms with Crippen LogP contribution < -0.4 is 5.73 Å². The summed E-state index contributed by atoms with van der Waals surface area (Å²) < 4.78 is 0. The molecule has 0 aromatic heterocycles. The highest BCUT2D eigenvalue weighted by Crippen LogP contribution is 2.35. The molecule has 0 heterocycles. The third kappa shape index (κ3) is 1.97. The van der Waals surface area contributed by atoms with E-state index in [9.17, 15) is 25.2 Å². The van der Waals surface area contributed by atoms with Crippen LogP contribution in [0, 0.1) is 0 Å². The van der Waals surface area contributed by atoms with Gasteiger partial charge in [0.2, 0.25) is 0 Å². The molecule has 0 radical (unpaired) electrons. The summed E-state index contributed by atoms with van der Waals surface area (Å²) in [6.45, 7) is -0.444. The van der Waals surface area contributed by atoms with Crippen LogP contribution in [0.25, 0.3) is 0 Å². The van der Waals surface area contributed by atoms with Crippen molar-refractivity contribution >= 4 is 5.97 Å². The summed E-state index contributed by atoms with van der Waals surface area (Å²) in [5, 5.41) is 46.9. The summed E-state index contributed by atoms with van der Waals surface area (Å²) in [6, 6.07) is 0. The van der Waals surface area contributed by atoms with E-state index in [2.05, 4.69) is 0 Å². The second-order valence-corrected chi connectivity index (χ2v) is 4.04. The molecule has 7 nitrogen and oxygen atoms in total. The van der Waals surface area contributed by atoms with Gasteiger partial charge in [0, 0.05) is 19.4 Å². The lowest BCUT2D eigenvalue weighted by Crippen LogP contribution is -2.65. The average molecular weight is 221 g/mol. The average Bonchev–Trinajstić information content (AvgIpc) is 2.14. The Labute approximate surface area is 85.8 Å². The van der Waals surface area contributed by atoms with Crippen molar-refractivity contribution in [3.63, 3.8) is 0 Å². The van der Waals surface area contributed by atoms with Gasteiger partial charge in [-0.05, 0) is 0 Å². The predicted molar refractivity (Wildman–Crippen MR) is 47.8 cm³/mol. The Kier molecular flexibility index (Phi) is 3.04. The van der Waals surface area contributed by atoms with E-state index in [1.54, 1.807) is 0 Å². The second-order valence-electron chi connectivity index (χ2n) is 4.04. The summed E-state index contributed by atoms with van der Waals surface area (Å²) in [5.41, 5.74) is 0.948. The maximum Gasteiger partial charge on any atom is 0.335 e. The van der Waals surface area contributed by atoms with E-state index in [1.165, 1.54) is 0 Å². The highest BCUT2D eigenvalue weighted by molar-refractivity contribution is 5.77. The zero-order valence-electron chi connectivity index (χ0n) is 8.00. The van der Waals surface area contributed by atoms with Crippen molar-refractivity contribution < 1.29 is 30.3 Å². The first-order valence-electron chi connectivity index (χ1n) is 4.49. The van der Waals surface area contributed by atoms with Gasteiger partial charge < -0.3 is 31.3 Å². The molecule has 1 fully saturated rings. The minimum atomic E-state index is -2.26. The van der Waals surface area contributed by atoms with Crippen LogP contribution in [0.5, 0.6) is 0 Å². The van der Waals surface area contributed by atoms with Crippen LogP contribution in [-0.2, 0) is 4.79 Å². The Balaban J connectivity index is 2.99. The van der Waals surface area contributed by atoms with Crippen molar-refractivity contribution in [2.24, 2.45) is 5.73 Å². The monoisotopic (exact) mass is 221 g/mol. The largest absolute Gasteiger partial charge is 0.479 e. The highest BCUT2D eigenvalue weighted by Gasteiger charge is 2.55. The Hall–Kier alpha value is -0.730. The van der Waals surface area contributed by atoms with Crippen molar-refractivity contribution in [1.82, 2.24) is 0 Å². The van der Waals surface area contributed by atoms with Crippen molar-refractivity contribution in [3.05, 3.63) is 0 Å². The molecule has 7 N–H and O–H groups in total. The smallest absolute Gasteiger partial charge is 0.335 e. The molecule has 0 unspecified atom stereocenters. The molecule has 15 heavy (non-hydrogen) atoms. The minimum Gasteiger partial charge on any atom is -0.479 e. The van der Waals surface area contributed by atoms with Crippen molar-refractivity contribution in [3.8, 4) is 0 Å². The normalized spacial score (nSPS) is 46.5. The zero-order valence-corrected chi connectivity index (χ0v) is 8.00. The lowest BCUT2D eigenvalue weighted by molar-refractivity contribution is -0.212. The first kappa shape index (κ1) is 12.3. The van der Waals surface area contributed by atoms with Crippen molar-refractivity contribution in [2.75, 3.05) is 6.54 Å². The van der Waals surface area contributed by atoms with E-state index in [0.717, 1.165) is 0 Å². The Bertz CT molecular complexity index is 272. The quantitative estimate of drug-likeness (QED) is 0.291. The first-order chi connectivity index (χ1) is 6.75. The van der Waals surface area contributed by atoms with Crippen LogP contribution in [0.1, 0.15) is 12.8 Å². The molecule has 4 atom stereocenters. The van der Waals surface area contributed by atoms with Gasteiger partial charge in [-0.15, -0.1) is 0 Å². The molecule has 0 amide bonds. The molecule has 0 aliphatic heterocycles. The topological polar surface area (TPSA) is 144 Å². The number of carbonyl (C=O) groups is 1. The van der Waals surface area contributed by atoms with Gasteiger partial charge in [0.05, 0.1) is 6.10 Å². The molecule has 0 saturated heterocycles. The standard InChI is InChI=1S/C8H15NO6/c9-3-8(15)2-7(14,6(12)13)1-4(10)5(8)11/h4-5,10-11,14-15H,1-3,9H2,(H,12,13)/t4-,5+,7-,8+/m1/s1. The fourth-order valence-corrected chi connectivity index (χ4v) is 1.85. The maximum absolute atomic E-state index is 10.7. The first-order valence-corrected chi connectivity index (χ1v) is 4.49. The van der Waals surface area contributed by atoms with Crippen LogP contribution >= 0.6 is 0 Å². The summed E-state index contributed by atoms with van der Waals surface area (Å²) in [4.78, 5) is 10.7. The zero-order chi connectivity index (χ0) is 11.9. The summed E-state index contributed by atoms with van der Waals surface area (Å²) >= 11 is 0. The number of carboxylic acid groups (broad SMARTS) is 1. The number of aliphatic hydroxyl groups is 4. The molecule has 1 aliphatic rings. The van der Waals surface area contributed by atoms with Gasteiger partial charge in [-0.1, -0.05) is 0 Å². The fraction of sp³-hybridized carbons (Fsp3) is 0.875. The molecule has 0 aromatic rings. The molecule has 0 spiro atoms. The third-order valence-corrected chi connectivity index (χ3v) is 2.81. The maximum atomic E-state index is 10.7. The van der Waals surface area contributed by atoms with E-state index < -0.39 is 48.8 Å². The van der Waals surface area contributed by atoms with Gasteiger partial charge in [-0.3, -0.25) is 0 Å². The molecular formula is C8H15NO6. The van der Waals surface area contributed by atoms with Crippen LogP contribution in [0.15, 0.2) is 0 Å². The van der Waals surface area contributed by atoms with E-state index in [-0.39, 0.29) is 0 Å². The Morgan fingerprint density at radius 3 is 2.33 bits per heavy atom.